The van der Waals surface area contributed by atoms with E-state index < -0.39 is 0 Å². The van der Waals surface area contributed by atoms with Crippen LogP contribution in [0.5, 0.6) is 5.75 Å². The fourth-order valence-electron chi connectivity index (χ4n) is 2.74. The van der Waals surface area contributed by atoms with Gasteiger partial charge in [-0.25, -0.2) is 0 Å². The maximum Gasteiger partial charge on any atom is 0.123 e. The maximum absolute atomic E-state index is 10.3. The SMILES string of the molecule is CN(C)c1ccccc1Pc1cc(Cc2ccccc2)ccc1O. The number of phenolic OH excluding ortho intramolecular Hbond substituents is 1. The number of aromatic hydroxyl groups is 1. The first-order valence-corrected chi connectivity index (χ1v) is 9.02. The van der Waals surface area contributed by atoms with Crippen LogP contribution in [0.3, 0.4) is 0 Å². The summed E-state index contributed by atoms with van der Waals surface area (Å²) in [6.45, 7) is 0. The van der Waals surface area contributed by atoms with Crippen LogP contribution < -0.4 is 15.5 Å². The van der Waals surface area contributed by atoms with Gasteiger partial charge in [0.2, 0.25) is 0 Å². The summed E-state index contributed by atoms with van der Waals surface area (Å²) in [5.41, 5.74) is 3.71. The lowest BCUT2D eigenvalue weighted by molar-refractivity contribution is 0.479. The van der Waals surface area contributed by atoms with Crippen LogP contribution >= 0.6 is 8.58 Å². The average Bonchev–Trinajstić information content (AvgIpc) is 2.59. The third kappa shape index (κ3) is 3.96. The van der Waals surface area contributed by atoms with E-state index in [4.69, 9.17) is 0 Å². The molecule has 3 rings (SSSR count). The molecule has 0 amide bonds. The fraction of sp³-hybridized carbons (Fsp3) is 0.143. The summed E-state index contributed by atoms with van der Waals surface area (Å²) < 4.78 is 0. The van der Waals surface area contributed by atoms with E-state index in [1.165, 1.54) is 22.1 Å². The van der Waals surface area contributed by atoms with Gasteiger partial charge in [0.15, 0.2) is 0 Å². The molecule has 1 N–H and O–H groups in total. The highest BCUT2D eigenvalue weighted by atomic mass is 31.1. The van der Waals surface area contributed by atoms with Crippen molar-refractivity contribution in [1.82, 2.24) is 0 Å². The van der Waals surface area contributed by atoms with Crippen LogP contribution in [0.2, 0.25) is 0 Å². The molecule has 1 unspecified atom stereocenters. The summed E-state index contributed by atoms with van der Waals surface area (Å²) in [5.74, 6) is 0.374. The molecule has 0 saturated heterocycles. The Hall–Kier alpha value is -2.31. The molecular formula is C21H22NOP. The van der Waals surface area contributed by atoms with E-state index in [1.807, 2.05) is 18.2 Å². The minimum Gasteiger partial charge on any atom is -0.507 e. The summed E-state index contributed by atoms with van der Waals surface area (Å²) >= 11 is 0. The molecule has 0 heterocycles. The van der Waals surface area contributed by atoms with Gasteiger partial charge in [-0.2, -0.15) is 0 Å². The minimum absolute atomic E-state index is 0.374. The van der Waals surface area contributed by atoms with E-state index in [1.54, 1.807) is 0 Å². The van der Waals surface area contributed by atoms with Crippen LogP contribution in [0.1, 0.15) is 11.1 Å². The molecule has 3 heteroatoms. The molecule has 3 aromatic carbocycles. The van der Waals surface area contributed by atoms with Crippen molar-refractivity contribution in [3.8, 4) is 5.75 Å². The van der Waals surface area contributed by atoms with E-state index >= 15 is 0 Å². The first kappa shape index (κ1) is 16.5. The first-order chi connectivity index (χ1) is 11.6. The second-order valence-electron chi connectivity index (χ2n) is 6.05. The zero-order chi connectivity index (χ0) is 16.9. The van der Waals surface area contributed by atoms with Crippen molar-refractivity contribution in [3.63, 3.8) is 0 Å². The highest BCUT2D eigenvalue weighted by molar-refractivity contribution is 7.56. The van der Waals surface area contributed by atoms with Gasteiger partial charge >= 0.3 is 0 Å². The van der Waals surface area contributed by atoms with Crippen molar-refractivity contribution in [3.05, 3.63) is 83.9 Å². The Labute approximate surface area is 145 Å². The number of benzene rings is 3. The summed E-state index contributed by atoms with van der Waals surface area (Å²) in [4.78, 5) is 2.12. The normalized spacial score (nSPS) is 11.1. The molecule has 24 heavy (non-hydrogen) atoms. The van der Waals surface area contributed by atoms with Crippen LogP contribution in [0.15, 0.2) is 72.8 Å². The third-order valence-electron chi connectivity index (χ3n) is 3.97. The molecular weight excluding hydrogens is 313 g/mol. The molecule has 1 atom stereocenters. The Kier molecular flexibility index (Phi) is 5.17. The molecule has 0 bridgehead atoms. The number of phenols is 1. The van der Waals surface area contributed by atoms with Crippen molar-refractivity contribution < 1.29 is 5.11 Å². The Morgan fingerprint density at radius 2 is 1.50 bits per heavy atom. The number of rotatable bonds is 5. The van der Waals surface area contributed by atoms with Gasteiger partial charge in [0.05, 0.1) is 0 Å². The van der Waals surface area contributed by atoms with Crippen molar-refractivity contribution in [1.29, 1.82) is 0 Å². The summed E-state index contributed by atoms with van der Waals surface area (Å²) in [6, 6.07) is 24.7. The molecule has 3 aromatic rings. The van der Waals surface area contributed by atoms with E-state index in [2.05, 4.69) is 73.6 Å². The predicted octanol–water partition coefficient (Wildman–Crippen LogP) is 3.68. The quantitative estimate of drug-likeness (QED) is 0.719. The van der Waals surface area contributed by atoms with Gasteiger partial charge in [0, 0.05) is 30.4 Å². The Morgan fingerprint density at radius 3 is 2.25 bits per heavy atom. The van der Waals surface area contributed by atoms with Crippen LogP contribution in [0.4, 0.5) is 5.69 Å². The smallest absolute Gasteiger partial charge is 0.123 e. The fourth-order valence-corrected chi connectivity index (χ4v) is 4.11. The molecule has 0 aliphatic rings. The molecule has 0 saturated carbocycles. The minimum atomic E-state index is 0.374. The van der Waals surface area contributed by atoms with Gasteiger partial charge in [-0.15, -0.1) is 0 Å². The Bertz CT molecular complexity index is 815. The third-order valence-corrected chi connectivity index (χ3v) is 5.33. The number of anilines is 1. The Balaban J connectivity index is 1.87. The second kappa shape index (κ2) is 7.51. The zero-order valence-electron chi connectivity index (χ0n) is 14.0. The van der Waals surface area contributed by atoms with Gasteiger partial charge in [-0.05, 0) is 35.7 Å². The summed E-state index contributed by atoms with van der Waals surface area (Å²) in [6.07, 6.45) is 0.883. The number of hydrogen-bond donors (Lipinski definition) is 1. The number of hydrogen-bond acceptors (Lipinski definition) is 2. The van der Waals surface area contributed by atoms with Gasteiger partial charge in [0.1, 0.15) is 5.75 Å². The molecule has 0 aromatic heterocycles. The van der Waals surface area contributed by atoms with Crippen LogP contribution in [0, 0.1) is 0 Å². The highest BCUT2D eigenvalue weighted by Gasteiger charge is 2.09. The van der Waals surface area contributed by atoms with E-state index in [0.717, 1.165) is 11.7 Å². The molecule has 0 fully saturated rings. The van der Waals surface area contributed by atoms with Gasteiger partial charge in [-0.3, -0.25) is 0 Å². The van der Waals surface area contributed by atoms with Gasteiger partial charge < -0.3 is 10.0 Å². The molecule has 0 radical (unpaired) electrons. The van der Waals surface area contributed by atoms with E-state index in [-0.39, 0.29) is 0 Å². The maximum atomic E-state index is 10.3. The van der Waals surface area contributed by atoms with Crippen LogP contribution in [0.25, 0.3) is 0 Å². The van der Waals surface area contributed by atoms with Crippen LogP contribution in [-0.4, -0.2) is 19.2 Å². The van der Waals surface area contributed by atoms with E-state index in [0.29, 0.717) is 14.3 Å². The Morgan fingerprint density at radius 1 is 0.792 bits per heavy atom. The van der Waals surface area contributed by atoms with Crippen molar-refractivity contribution in [2.75, 3.05) is 19.0 Å². The molecule has 2 nitrogen and oxygen atoms in total. The second-order valence-corrected chi connectivity index (χ2v) is 7.38. The standard InChI is InChI=1S/C21H22NOP/c1-22(2)18-10-6-7-11-20(18)24-21-15-17(12-13-19(21)23)14-16-8-4-3-5-9-16/h3-13,15,23-24H,14H2,1-2H3. The highest BCUT2D eigenvalue weighted by Crippen LogP contribution is 2.24. The van der Waals surface area contributed by atoms with Crippen molar-refractivity contribution >= 4 is 24.9 Å². The van der Waals surface area contributed by atoms with E-state index in [9.17, 15) is 5.11 Å². The molecule has 0 spiro atoms. The lowest BCUT2D eigenvalue weighted by Crippen LogP contribution is -2.17. The topological polar surface area (TPSA) is 23.5 Å². The molecule has 0 aliphatic heterocycles. The zero-order valence-corrected chi connectivity index (χ0v) is 15.0. The van der Waals surface area contributed by atoms with Gasteiger partial charge in [-0.1, -0.05) is 63.2 Å². The summed E-state index contributed by atoms with van der Waals surface area (Å²) in [5, 5.41) is 12.5. The number of nitrogens with zero attached hydrogens (tertiary/aromatic N) is 1. The lowest BCUT2D eigenvalue weighted by atomic mass is 10.1. The summed E-state index contributed by atoms with van der Waals surface area (Å²) in [7, 11) is 4.53. The monoisotopic (exact) mass is 335 g/mol. The first-order valence-electron chi connectivity index (χ1n) is 8.02. The number of para-hydroxylation sites is 1. The van der Waals surface area contributed by atoms with Crippen molar-refractivity contribution in [2.45, 2.75) is 6.42 Å². The lowest BCUT2D eigenvalue weighted by Gasteiger charge is -2.18. The largest absolute Gasteiger partial charge is 0.507 e. The average molecular weight is 335 g/mol. The molecule has 122 valence electrons. The van der Waals surface area contributed by atoms with Gasteiger partial charge in [0.25, 0.3) is 0 Å². The van der Waals surface area contributed by atoms with Crippen LogP contribution in [-0.2, 0) is 6.42 Å². The predicted molar refractivity (Wildman–Crippen MR) is 106 cm³/mol. The molecule has 0 aliphatic carbocycles. The van der Waals surface area contributed by atoms with Crippen molar-refractivity contribution in [2.24, 2.45) is 0 Å².